The van der Waals surface area contributed by atoms with Crippen LogP contribution in [0.5, 0.6) is 0 Å². The molecule has 1 aromatic heterocycles. The predicted molar refractivity (Wildman–Crippen MR) is 98.2 cm³/mol. The largest absolute Gasteiger partial charge is 0.383 e. The number of amides is 1. The van der Waals surface area contributed by atoms with Crippen LogP contribution in [0.2, 0.25) is 0 Å². The van der Waals surface area contributed by atoms with Crippen molar-refractivity contribution in [1.29, 1.82) is 0 Å². The number of para-hydroxylation sites is 1. The van der Waals surface area contributed by atoms with Gasteiger partial charge in [-0.15, -0.1) is 0 Å². The standard InChI is InChI=1S/C18H21N5O/c19-7-9-21-16-6-5-13(18(24)22-10-8-20)17-14(16)11-12-3-1-2-4-15(12)23-17/h1-6,11,21H,7-10,19-20H2,(H,22,24). The molecule has 0 aliphatic heterocycles. The Bertz CT molecular complexity index is 878. The average Bonchev–Trinajstić information content (AvgIpc) is 2.62. The molecule has 0 atom stereocenters. The molecule has 0 bridgehead atoms. The highest BCUT2D eigenvalue weighted by Gasteiger charge is 2.14. The van der Waals surface area contributed by atoms with E-state index in [-0.39, 0.29) is 5.91 Å². The molecule has 0 saturated carbocycles. The summed E-state index contributed by atoms with van der Waals surface area (Å²) in [6.07, 6.45) is 0. The Morgan fingerprint density at radius 2 is 1.83 bits per heavy atom. The number of carbonyl (C=O) groups excluding carboxylic acids is 1. The smallest absolute Gasteiger partial charge is 0.253 e. The van der Waals surface area contributed by atoms with Gasteiger partial charge in [0.1, 0.15) is 0 Å². The number of nitrogens with two attached hydrogens (primary N) is 2. The number of benzene rings is 2. The fraction of sp³-hybridized carbons (Fsp3) is 0.222. The van der Waals surface area contributed by atoms with Crippen molar-refractivity contribution in [3.8, 4) is 0 Å². The number of anilines is 1. The number of rotatable bonds is 6. The van der Waals surface area contributed by atoms with Crippen molar-refractivity contribution >= 4 is 33.4 Å². The molecule has 0 fully saturated rings. The van der Waals surface area contributed by atoms with Gasteiger partial charge < -0.3 is 22.1 Å². The Balaban J connectivity index is 2.18. The fourth-order valence-corrected chi connectivity index (χ4v) is 2.69. The molecule has 0 unspecified atom stereocenters. The van der Waals surface area contributed by atoms with Crippen LogP contribution in [0.25, 0.3) is 21.8 Å². The number of nitrogens with zero attached hydrogens (tertiary/aromatic N) is 1. The number of fused-ring (bicyclic) bond motifs is 2. The highest BCUT2D eigenvalue weighted by Crippen LogP contribution is 2.28. The number of hydrogen-bond acceptors (Lipinski definition) is 5. The summed E-state index contributed by atoms with van der Waals surface area (Å²) >= 11 is 0. The molecule has 6 N–H and O–H groups in total. The maximum Gasteiger partial charge on any atom is 0.253 e. The first-order valence-electron chi connectivity index (χ1n) is 7.99. The zero-order valence-electron chi connectivity index (χ0n) is 13.4. The highest BCUT2D eigenvalue weighted by molar-refractivity contribution is 6.11. The van der Waals surface area contributed by atoms with Crippen molar-refractivity contribution in [2.75, 3.05) is 31.5 Å². The second-order valence-electron chi connectivity index (χ2n) is 5.50. The summed E-state index contributed by atoms with van der Waals surface area (Å²) in [5, 5.41) is 8.03. The lowest BCUT2D eigenvalue weighted by molar-refractivity contribution is 0.0956. The minimum Gasteiger partial charge on any atom is -0.383 e. The Kier molecular flexibility index (Phi) is 4.88. The molecule has 124 valence electrons. The molecule has 1 amide bonds. The van der Waals surface area contributed by atoms with Gasteiger partial charge in [-0.2, -0.15) is 0 Å². The minimum atomic E-state index is -0.168. The van der Waals surface area contributed by atoms with E-state index >= 15 is 0 Å². The summed E-state index contributed by atoms with van der Waals surface area (Å²) in [4.78, 5) is 17.1. The van der Waals surface area contributed by atoms with E-state index in [2.05, 4.69) is 16.7 Å². The lowest BCUT2D eigenvalue weighted by atomic mass is 10.0. The Hall–Kier alpha value is -2.70. The third-order valence-corrected chi connectivity index (χ3v) is 3.82. The zero-order valence-corrected chi connectivity index (χ0v) is 13.4. The molecule has 2 aromatic carbocycles. The molecule has 0 spiro atoms. The number of nitrogens with one attached hydrogen (secondary N) is 2. The molecule has 1 heterocycles. The quantitative estimate of drug-likeness (QED) is 0.514. The van der Waals surface area contributed by atoms with Crippen LogP contribution in [0, 0.1) is 0 Å². The van der Waals surface area contributed by atoms with Crippen LogP contribution < -0.4 is 22.1 Å². The molecule has 6 nitrogen and oxygen atoms in total. The van der Waals surface area contributed by atoms with Crippen LogP contribution in [0.4, 0.5) is 5.69 Å². The lowest BCUT2D eigenvalue weighted by Crippen LogP contribution is -2.29. The molecule has 0 aliphatic rings. The lowest BCUT2D eigenvalue weighted by Gasteiger charge is -2.13. The second kappa shape index (κ2) is 7.25. The summed E-state index contributed by atoms with van der Waals surface area (Å²) in [5.74, 6) is -0.168. The van der Waals surface area contributed by atoms with E-state index in [0.717, 1.165) is 22.0 Å². The van der Waals surface area contributed by atoms with Gasteiger partial charge in [0, 0.05) is 42.6 Å². The maximum atomic E-state index is 12.4. The van der Waals surface area contributed by atoms with Gasteiger partial charge in [0.25, 0.3) is 5.91 Å². The van der Waals surface area contributed by atoms with E-state index in [1.54, 1.807) is 6.07 Å². The first kappa shape index (κ1) is 16.2. The van der Waals surface area contributed by atoms with Crippen molar-refractivity contribution in [1.82, 2.24) is 10.3 Å². The van der Waals surface area contributed by atoms with Gasteiger partial charge in [0.05, 0.1) is 16.6 Å². The van der Waals surface area contributed by atoms with Crippen LogP contribution in [0.15, 0.2) is 42.5 Å². The van der Waals surface area contributed by atoms with Crippen molar-refractivity contribution in [2.45, 2.75) is 0 Å². The summed E-state index contributed by atoms with van der Waals surface area (Å²) in [6, 6.07) is 13.6. The van der Waals surface area contributed by atoms with E-state index in [1.165, 1.54) is 0 Å². The van der Waals surface area contributed by atoms with Gasteiger partial charge in [-0.1, -0.05) is 18.2 Å². The molecule has 0 aliphatic carbocycles. The Morgan fingerprint density at radius 1 is 1.04 bits per heavy atom. The van der Waals surface area contributed by atoms with Crippen LogP contribution in [0.3, 0.4) is 0 Å². The van der Waals surface area contributed by atoms with E-state index in [1.807, 2.05) is 30.3 Å². The molecular formula is C18H21N5O. The van der Waals surface area contributed by atoms with Gasteiger partial charge in [-0.25, -0.2) is 4.98 Å². The number of pyridine rings is 1. The average molecular weight is 323 g/mol. The first-order chi connectivity index (χ1) is 11.7. The molecule has 6 heteroatoms. The third-order valence-electron chi connectivity index (χ3n) is 3.82. The van der Waals surface area contributed by atoms with Crippen molar-refractivity contribution in [3.05, 3.63) is 48.0 Å². The van der Waals surface area contributed by atoms with Crippen LogP contribution >= 0.6 is 0 Å². The summed E-state index contributed by atoms with van der Waals surface area (Å²) in [7, 11) is 0. The van der Waals surface area contributed by atoms with E-state index in [9.17, 15) is 4.79 Å². The van der Waals surface area contributed by atoms with Gasteiger partial charge in [-0.05, 0) is 24.3 Å². The van der Waals surface area contributed by atoms with Crippen molar-refractivity contribution in [2.24, 2.45) is 11.5 Å². The van der Waals surface area contributed by atoms with Crippen LogP contribution in [-0.4, -0.2) is 37.1 Å². The minimum absolute atomic E-state index is 0.168. The van der Waals surface area contributed by atoms with E-state index in [0.29, 0.717) is 37.3 Å². The summed E-state index contributed by atoms with van der Waals surface area (Å²) in [5.41, 5.74) is 14.0. The van der Waals surface area contributed by atoms with E-state index < -0.39 is 0 Å². The number of aromatic nitrogens is 1. The van der Waals surface area contributed by atoms with Crippen molar-refractivity contribution < 1.29 is 4.79 Å². The Labute approximate surface area is 140 Å². The summed E-state index contributed by atoms with van der Waals surface area (Å²) in [6.45, 7) is 2.01. The van der Waals surface area contributed by atoms with Gasteiger partial charge in [-0.3, -0.25) is 4.79 Å². The van der Waals surface area contributed by atoms with Gasteiger partial charge >= 0.3 is 0 Å². The molecular weight excluding hydrogens is 302 g/mol. The summed E-state index contributed by atoms with van der Waals surface area (Å²) < 4.78 is 0. The molecule has 3 rings (SSSR count). The highest BCUT2D eigenvalue weighted by atomic mass is 16.1. The number of hydrogen-bond donors (Lipinski definition) is 4. The fourth-order valence-electron chi connectivity index (χ4n) is 2.69. The Morgan fingerprint density at radius 3 is 2.62 bits per heavy atom. The predicted octanol–water partition coefficient (Wildman–Crippen LogP) is 1.45. The number of carbonyl (C=O) groups is 1. The zero-order chi connectivity index (χ0) is 16.9. The van der Waals surface area contributed by atoms with Crippen LogP contribution in [0.1, 0.15) is 10.4 Å². The maximum absolute atomic E-state index is 12.4. The van der Waals surface area contributed by atoms with Gasteiger partial charge in [0.15, 0.2) is 0 Å². The SMILES string of the molecule is NCCNC(=O)c1ccc(NCCN)c2cc3ccccc3nc12. The van der Waals surface area contributed by atoms with Crippen molar-refractivity contribution in [3.63, 3.8) is 0 Å². The van der Waals surface area contributed by atoms with E-state index in [4.69, 9.17) is 16.5 Å². The molecule has 0 radical (unpaired) electrons. The van der Waals surface area contributed by atoms with Crippen LogP contribution in [-0.2, 0) is 0 Å². The third kappa shape index (κ3) is 3.15. The monoisotopic (exact) mass is 323 g/mol. The topological polar surface area (TPSA) is 106 Å². The molecule has 24 heavy (non-hydrogen) atoms. The molecule has 0 saturated heterocycles. The second-order valence-corrected chi connectivity index (χ2v) is 5.50. The normalized spacial score (nSPS) is 10.9. The van der Waals surface area contributed by atoms with Gasteiger partial charge in [0.2, 0.25) is 0 Å². The molecule has 3 aromatic rings. The first-order valence-corrected chi connectivity index (χ1v) is 7.99.